The smallest absolute Gasteiger partial charge is 0.0807 e. The first-order chi connectivity index (χ1) is 5.27. The van der Waals surface area contributed by atoms with Crippen LogP contribution in [0.25, 0.3) is 0 Å². The highest BCUT2D eigenvalue weighted by atomic mass is 16.5. The Bertz CT molecular complexity index is 76.5. The number of likely N-dealkylation sites (N-methyl/N-ethyl adjacent to an activating group) is 1. The summed E-state index contributed by atoms with van der Waals surface area (Å²) < 4.78 is 10.2. The lowest BCUT2D eigenvalue weighted by atomic mass is 10.6. The Morgan fingerprint density at radius 3 is 2.45 bits per heavy atom. The Labute approximate surface area is 69.3 Å². The maximum Gasteiger partial charge on any atom is 0.0807 e. The molecule has 3 nitrogen and oxygen atoms in total. The monoisotopic (exact) mass is 160 g/mol. The summed E-state index contributed by atoms with van der Waals surface area (Å²) >= 11 is 0. The molecule has 0 saturated heterocycles. The minimum atomic E-state index is 0.657. The van der Waals surface area contributed by atoms with Crippen LogP contribution in [0.1, 0.15) is 6.92 Å². The molecule has 0 aromatic heterocycles. The Hall–Kier alpha value is -0.120. The fourth-order valence-electron chi connectivity index (χ4n) is 0.574. The minimum Gasteiger partial charge on any atom is -0.378 e. The number of hydrogen-bond acceptors (Lipinski definition) is 3. The minimum absolute atomic E-state index is 0.657. The third kappa shape index (κ3) is 9.88. The lowest BCUT2D eigenvalue weighted by Gasteiger charge is -2.09. The summed E-state index contributed by atoms with van der Waals surface area (Å²) in [5.74, 6) is 0. The van der Waals surface area contributed by atoms with Gasteiger partial charge in [0.2, 0.25) is 0 Å². The second-order valence-corrected chi connectivity index (χ2v) is 2.52. The second-order valence-electron chi connectivity index (χ2n) is 2.52. The molecule has 0 aromatic rings. The largest absolute Gasteiger partial charge is 0.378 e. The van der Waals surface area contributed by atoms with Crippen molar-refractivity contribution in [2.24, 2.45) is 0 Å². The molecule has 0 aliphatic carbocycles. The zero-order valence-electron chi connectivity index (χ0n) is 7.67. The summed E-state index contributed by atoms with van der Waals surface area (Å²) in [5.41, 5.74) is 0. The molecule has 0 unspecified atom stereocenters. The second kappa shape index (κ2) is 7.98. The predicted molar refractivity (Wildman–Crippen MR) is 45.3 cm³/mol. The summed E-state index contributed by atoms with van der Waals surface area (Å²) in [6.07, 6.45) is 0. The van der Waals surface area contributed by atoms with E-state index in [-0.39, 0.29) is 0 Å². The van der Waals surface area contributed by atoms with E-state index in [9.17, 15) is 0 Å². The van der Waals surface area contributed by atoms with Crippen LogP contribution in [0, 0.1) is 6.61 Å². The van der Waals surface area contributed by atoms with Crippen molar-refractivity contribution in [2.45, 2.75) is 6.92 Å². The molecule has 0 fully saturated rings. The van der Waals surface area contributed by atoms with Gasteiger partial charge in [-0.1, -0.05) is 0 Å². The first-order valence-corrected chi connectivity index (χ1v) is 3.89. The van der Waals surface area contributed by atoms with Crippen LogP contribution in [0.5, 0.6) is 0 Å². The number of nitrogens with zero attached hydrogens (tertiary/aromatic N) is 1. The SMILES string of the molecule is C[CH]OCCOCCN(C)C. The van der Waals surface area contributed by atoms with E-state index in [0.29, 0.717) is 13.2 Å². The zero-order chi connectivity index (χ0) is 8.53. The fourth-order valence-corrected chi connectivity index (χ4v) is 0.574. The molecule has 0 aliphatic heterocycles. The summed E-state index contributed by atoms with van der Waals surface area (Å²) in [7, 11) is 4.05. The lowest BCUT2D eigenvalue weighted by molar-refractivity contribution is 0.0655. The highest BCUT2D eigenvalue weighted by molar-refractivity contribution is 4.40. The highest BCUT2D eigenvalue weighted by Crippen LogP contribution is 1.82. The third-order valence-electron chi connectivity index (χ3n) is 1.20. The van der Waals surface area contributed by atoms with Crippen LogP contribution in [0.2, 0.25) is 0 Å². The molecular weight excluding hydrogens is 142 g/mol. The molecule has 0 saturated carbocycles. The van der Waals surface area contributed by atoms with Crippen molar-refractivity contribution in [3.05, 3.63) is 6.61 Å². The Morgan fingerprint density at radius 2 is 1.91 bits per heavy atom. The third-order valence-corrected chi connectivity index (χ3v) is 1.20. The Morgan fingerprint density at radius 1 is 1.18 bits per heavy atom. The molecule has 11 heavy (non-hydrogen) atoms. The van der Waals surface area contributed by atoms with E-state index in [1.807, 2.05) is 21.0 Å². The van der Waals surface area contributed by atoms with E-state index >= 15 is 0 Å². The summed E-state index contributed by atoms with van der Waals surface area (Å²) in [6.45, 7) is 6.62. The first kappa shape index (κ1) is 10.9. The van der Waals surface area contributed by atoms with Gasteiger partial charge >= 0.3 is 0 Å². The van der Waals surface area contributed by atoms with Gasteiger partial charge in [0.1, 0.15) is 0 Å². The van der Waals surface area contributed by atoms with Crippen LogP contribution in [-0.4, -0.2) is 45.4 Å². The molecule has 0 atom stereocenters. The van der Waals surface area contributed by atoms with Crippen molar-refractivity contribution in [1.82, 2.24) is 4.90 Å². The number of ether oxygens (including phenoxy) is 2. The van der Waals surface area contributed by atoms with Gasteiger partial charge in [-0.2, -0.15) is 0 Å². The Balaban J connectivity index is 2.80. The van der Waals surface area contributed by atoms with E-state index in [4.69, 9.17) is 9.47 Å². The summed E-state index contributed by atoms with van der Waals surface area (Å²) in [4.78, 5) is 2.09. The summed E-state index contributed by atoms with van der Waals surface area (Å²) in [5, 5.41) is 0. The quantitative estimate of drug-likeness (QED) is 0.513. The average molecular weight is 160 g/mol. The average Bonchev–Trinajstić information content (AvgIpc) is 1.96. The zero-order valence-corrected chi connectivity index (χ0v) is 7.67. The van der Waals surface area contributed by atoms with Crippen LogP contribution < -0.4 is 0 Å². The first-order valence-electron chi connectivity index (χ1n) is 3.89. The standard InChI is InChI=1S/C8H18NO2/c1-4-10-7-8-11-6-5-9(2)3/h4H,5-8H2,1-3H3. The normalized spacial score (nSPS) is 10.9. The molecule has 1 radical (unpaired) electrons. The van der Waals surface area contributed by atoms with E-state index in [0.717, 1.165) is 13.2 Å². The topological polar surface area (TPSA) is 21.7 Å². The molecule has 3 heteroatoms. The summed E-state index contributed by atoms with van der Waals surface area (Å²) in [6, 6.07) is 0. The molecule has 0 rings (SSSR count). The van der Waals surface area contributed by atoms with Crippen molar-refractivity contribution in [3.63, 3.8) is 0 Å². The molecule has 67 valence electrons. The van der Waals surface area contributed by atoms with Gasteiger partial charge in [-0.3, -0.25) is 0 Å². The van der Waals surface area contributed by atoms with Crippen LogP contribution in [-0.2, 0) is 9.47 Å². The maximum atomic E-state index is 5.26. The highest BCUT2D eigenvalue weighted by Gasteiger charge is 1.90. The van der Waals surface area contributed by atoms with Gasteiger partial charge < -0.3 is 14.4 Å². The van der Waals surface area contributed by atoms with Crippen molar-refractivity contribution >= 4 is 0 Å². The van der Waals surface area contributed by atoms with Crippen molar-refractivity contribution in [3.8, 4) is 0 Å². The lowest BCUT2D eigenvalue weighted by Crippen LogP contribution is -2.19. The number of rotatable bonds is 7. The van der Waals surface area contributed by atoms with Gasteiger partial charge in [0.25, 0.3) is 0 Å². The van der Waals surface area contributed by atoms with Gasteiger partial charge in [0, 0.05) is 6.54 Å². The van der Waals surface area contributed by atoms with Crippen LogP contribution in [0.15, 0.2) is 0 Å². The van der Waals surface area contributed by atoms with E-state index in [1.54, 1.807) is 6.61 Å². The van der Waals surface area contributed by atoms with Crippen LogP contribution in [0.4, 0.5) is 0 Å². The molecule has 0 N–H and O–H groups in total. The van der Waals surface area contributed by atoms with Crippen LogP contribution >= 0.6 is 0 Å². The molecule has 0 aliphatic rings. The molecule has 0 heterocycles. The fraction of sp³-hybridized carbons (Fsp3) is 0.875. The molecule has 0 aromatic carbocycles. The van der Waals surface area contributed by atoms with E-state index < -0.39 is 0 Å². The van der Waals surface area contributed by atoms with Gasteiger partial charge in [0.05, 0.1) is 26.4 Å². The van der Waals surface area contributed by atoms with Gasteiger partial charge in [0.15, 0.2) is 0 Å². The predicted octanol–water partition coefficient (Wildman–Crippen LogP) is 0.763. The number of hydrogen-bond donors (Lipinski definition) is 0. The molecule has 0 bridgehead atoms. The Kier molecular flexibility index (Phi) is 7.89. The van der Waals surface area contributed by atoms with E-state index in [2.05, 4.69) is 4.90 Å². The molecule has 0 spiro atoms. The van der Waals surface area contributed by atoms with Crippen LogP contribution in [0.3, 0.4) is 0 Å². The molecular formula is C8H18NO2. The van der Waals surface area contributed by atoms with Gasteiger partial charge in [-0.05, 0) is 21.0 Å². The van der Waals surface area contributed by atoms with Gasteiger partial charge in [-0.15, -0.1) is 0 Å². The van der Waals surface area contributed by atoms with Crippen molar-refractivity contribution in [2.75, 3.05) is 40.5 Å². The van der Waals surface area contributed by atoms with Gasteiger partial charge in [-0.25, -0.2) is 0 Å². The van der Waals surface area contributed by atoms with E-state index in [1.165, 1.54) is 0 Å². The van der Waals surface area contributed by atoms with Crippen molar-refractivity contribution in [1.29, 1.82) is 0 Å². The van der Waals surface area contributed by atoms with Crippen molar-refractivity contribution < 1.29 is 9.47 Å². The maximum absolute atomic E-state index is 5.26. The molecule has 0 amide bonds.